The van der Waals surface area contributed by atoms with Crippen LogP contribution in [-0.4, -0.2) is 31.7 Å². The summed E-state index contributed by atoms with van der Waals surface area (Å²) in [6.07, 6.45) is 4.30. The van der Waals surface area contributed by atoms with E-state index < -0.39 is 17.8 Å². The predicted octanol–water partition coefficient (Wildman–Crippen LogP) is 5.15. The van der Waals surface area contributed by atoms with E-state index in [1.807, 2.05) is 6.07 Å². The van der Waals surface area contributed by atoms with Crippen molar-refractivity contribution in [3.8, 4) is 0 Å². The van der Waals surface area contributed by atoms with E-state index in [0.29, 0.717) is 16.9 Å². The third-order valence-corrected chi connectivity index (χ3v) is 5.82. The fourth-order valence-corrected chi connectivity index (χ4v) is 4.08. The van der Waals surface area contributed by atoms with E-state index in [1.54, 1.807) is 43.7 Å². The lowest BCUT2D eigenvalue weighted by Crippen LogP contribution is -2.46. The molecule has 3 amide bonds. The Labute approximate surface area is 216 Å². The number of fused-ring (bicyclic) bond motifs is 1. The number of halogens is 2. The molecule has 12 heteroatoms. The highest BCUT2D eigenvalue weighted by Crippen LogP contribution is 2.38. The Bertz CT molecular complexity index is 1520. The predicted molar refractivity (Wildman–Crippen MR) is 139 cm³/mol. The number of carbonyl (C=O) groups excluding carboxylic acids is 2. The van der Waals surface area contributed by atoms with Crippen molar-refractivity contribution in [3.63, 3.8) is 0 Å². The molecule has 4 aromatic rings. The topological polar surface area (TPSA) is 108 Å². The molecule has 186 valence electrons. The Balaban J connectivity index is 1.62. The molecule has 0 saturated carbocycles. The molecule has 0 unspecified atom stereocenters. The summed E-state index contributed by atoms with van der Waals surface area (Å²) in [5, 5.41) is 9.85. The largest absolute Gasteiger partial charge is 0.335 e. The number of urea groups is 1. The van der Waals surface area contributed by atoms with Gasteiger partial charge in [-0.05, 0) is 36.4 Å². The van der Waals surface area contributed by atoms with E-state index in [-0.39, 0.29) is 34.8 Å². The van der Waals surface area contributed by atoms with Gasteiger partial charge >= 0.3 is 6.03 Å². The molecule has 3 heterocycles. The molecule has 2 aromatic heterocycles. The van der Waals surface area contributed by atoms with Crippen LogP contribution in [0.1, 0.15) is 5.56 Å². The van der Waals surface area contributed by atoms with Gasteiger partial charge in [0, 0.05) is 36.4 Å². The summed E-state index contributed by atoms with van der Waals surface area (Å²) in [5.74, 6) is -0.845. The van der Waals surface area contributed by atoms with Crippen LogP contribution < -0.4 is 20.4 Å². The highest BCUT2D eigenvalue weighted by molar-refractivity contribution is 6.32. The van der Waals surface area contributed by atoms with Crippen LogP contribution in [-0.2, 0) is 18.4 Å². The molecule has 1 aliphatic heterocycles. The molecule has 2 N–H and O–H groups in total. The van der Waals surface area contributed by atoms with Crippen LogP contribution in [0.5, 0.6) is 0 Å². The van der Waals surface area contributed by atoms with Crippen molar-refractivity contribution in [2.75, 3.05) is 20.4 Å². The standard InChI is InChI=1S/C25H20ClFN8O2/c1-3-21(36)29-16-9-10-18(27)20(11-16)35-23-15(13-34(25(35)37)17-7-5-4-6-8-17)12-28-24(31-23)30-19-14-33(2)32-22(19)26/h3-12,14H,1,13H2,2H3,(H,29,36)(H,28,30,31). The minimum atomic E-state index is -0.686. The molecule has 1 aliphatic rings. The zero-order chi connectivity index (χ0) is 26.1. The van der Waals surface area contributed by atoms with E-state index in [9.17, 15) is 9.59 Å². The van der Waals surface area contributed by atoms with Gasteiger partial charge in [0.15, 0.2) is 11.0 Å². The van der Waals surface area contributed by atoms with Gasteiger partial charge in [0.25, 0.3) is 0 Å². The Morgan fingerprint density at radius 1 is 1.22 bits per heavy atom. The number of aromatic nitrogens is 4. The second kappa shape index (κ2) is 9.70. The van der Waals surface area contributed by atoms with Gasteiger partial charge in [-0.3, -0.25) is 14.4 Å². The number of anilines is 6. The maximum Gasteiger partial charge on any atom is 0.335 e. The number of nitrogens with zero attached hydrogens (tertiary/aromatic N) is 6. The number of aryl methyl sites for hydroxylation is 1. The summed E-state index contributed by atoms with van der Waals surface area (Å²) < 4.78 is 16.8. The van der Waals surface area contributed by atoms with Gasteiger partial charge in [-0.2, -0.15) is 10.1 Å². The number of nitrogens with one attached hydrogen (secondary N) is 2. The van der Waals surface area contributed by atoms with Crippen molar-refractivity contribution in [2.45, 2.75) is 6.54 Å². The van der Waals surface area contributed by atoms with Crippen molar-refractivity contribution in [3.05, 3.63) is 90.1 Å². The van der Waals surface area contributed by atoms with Crippen LogP contribution in [0, 0.1) is 5.82 Å². The number of rotatable bonds is 6. The number of carbonyl (C=O) groups is 2. The van der Waals surface area contributed by atoms with Crippen LogP contribution in [0.25, 0.3) is 0 Å². The molecule has 0 aliphatic carbocycles. The summed E-state index contributed by atoms with van der Waals surface area (Å²) in [6, 6.07) is 12.4. The summed E-state index contributed by atoms with van der Waals surface area (Å²) in [6.45, 7) is 3.59. The minimum absolute atomic E-state index is 0.0993. The maximum atomic E-state index is 15.2. The average molecular weight is 519 g/mol. The number of benzene rings is 2. The van der Waals surface area contributed by atoms with Gasteiger partial charge in [0.2, 0.25) is 11.9 Å². The zero-order valence-corrected chi connectivity index (χ0v) is 20.3. The van der Waals surface area contributed by atoms with Gasteiger partial charge in [-0.1, -0.05) is 36.4 Å². The van der Waals surface area contributed by atoms with E-state index in [4.69, 9.17) is 11.6 Å². The quantitative estimate of drug-likeness (QED) is 0.342. The fraction of sp³-hybridized carbons (Fsp3) is 0.0800. The second-order valence-corrected chi connectivity index (χ2v) is 8.43. The highest BCUT2D eigenvalue weighted by Gasteiger charge is 2.36. The van der Waals surface area contributed by atoms with Gasteiger partial charge in [0.05, 0.1) is 17.9 Å². The summed E-state index contributed by atoms with van der Waals surface area (Å²) in [7, 11) is 1.71. The maximum absolute atomic E-state index is 15.2. The Hall–Kier alpha value is -4.77. The molecular formula is C25H20ClFN8O2. The number of para-hydroxylation sites is 1. The van der Waals surface area contributed by atoms with Crippen LogP contribution in [0.2, 0.25) is 5.15 Å². The van der Waals surface area contributed by atoms with Gasteiger partial charge in [0.1, 0.15) is 5.82 Å². The average Bonchev–Trinajstić information content (AvgIpc) is 3.21. The molecule has 0 fully saturated rings. The van der Waals surface area contributed by atoms with Crippen molar-refractivity contribution >= 4 is 58.1 Å². The molecule has 0 atom stereocenters. The first-order valence-electron chi connectivity index (χ1n) is 11.1. The Kier molecular flexibility index (Phi) is 6.28. The first-order valence-corrected chi connectivity index (χ1v) is 11.4. The van der Waals surface area contributed by atoms with Gasteiger partial charge < -0.3 is 10.6 Å². The summed E-state index contributed by atoms with van der Waals surface area (Å²) in [4.78, 5) is 37.2. The molecule has 0 saturated heterocycles. The molecule has 0 spiro atoms. The number of hydrogen-bond donors (Lipinski definition) is 2. The number of hydrogen-bond acceptors (Lipinski definition) is 6. The Morgan fingerprint density at radius 3 is 2.70 bits per heavy atom. The van der Waals surface area contributed by atoms with E-state index in [1.165, 1.54) is 21.7 Å². The van der Waals surface area contributed by atoms with Gasteiger partial charge in [-0.15, -0.1) is 0 Å². The molecule has 0 bridgehead atoms. The van der Waals surface area contributed by atoms with Gasteiger partial charge in [-0.25, -0.2) is 19.1 Å². The fourth-order valence-electron chi connectivity index (χ4n) is 3.86. The van der Waals surface area contributed by atoms with E-state index in [2.05, 4.69) is 32.3 Å². The summed E-state index contributed by atoms with van der Waals surface area (Å²) >= 11 is 6.15. The second-order valence-electron chi connectivity index (χ2n) is 8.07. The zero-order valence-electron chi connectivity index (χ0n) is 19.5. The lowest BCUT2D eigenvalue weighted by atomic mass is 10.1. The lowest BCUT2D eigenvalue weighted by molar-refractivity contribution is -0.111. The van der Waals surface area contributed by atoms with Crippen molar-refractivity contribution in [2.24, 2.45) is 7.05 Å². The van der Waals surface area contributed by atoms with E-state index >= 15 is 4.39 Å². The monoisotopic (exact) mass is 518 g/mol. The van der Waals surface area contributed by atoms with Crippen LogP contribution in [0.15, 0.2) is 73.6 Å². The lowest BCUT2D eigenvalue weighted by Gasteiger charge is -2.36. The van der Waals surface area contributed by atoms with Crippen LogP contribution in [0.3, 0.4) is 0 Å². The Morgan fingerprint density at radius 2 is 2.00 bits per heavy atom. The van der Waals surface area contributed by atoms with Crippen LogP contribution >= 0.6 is 11.6 Å². The van der Waals surface area contributed by atoms with Crippen molar-refractivity contribution < 1.29 is 14.0 Å². The molecule has 10 nitrogen and oxygen atoms in total. The highest BCUT2D eigenvalue weighted by atomic mass is 35.5. The van der Waals surface area contributed by atoms with E-state index in [0.717, 1.165) is 17.0 Å². The summed E-state index contributed by atoms with van der Waals surface area (Å²) in [5.41, 5.74) is 1.83. The van der Waals surface area contributed by atoms with Crippen molar-refractivity contribution in [1.82, 2.24) is 19.7 Å². The molecule has 2 aromatic carbocycles. The minimum Gasteiger partial charge on any atom is -0.322 e. The van der Waals surface area contributed by atoms with Crippen molar-refractivity contribution in [1.29, 1.82) is 0 Å². The molecule has 37 heavy (non-hydrogen) atoms. The molecule has 0 radical (unpaired) electrons. The first-order chi connectivity index (χ1) is 17.8. The smallest absolute Gasteiger partial charge is 0.322 e. The molecular weight excluding hydrogens is 499 g/mol. The number of amides is 3. The normalized spacial score (nSPS) is 12.8. The third-order valence-electron chi connectivity index (χ3n) is 5.54. The molecule has 5 rings (SSSR count). The SMILES string of the molecule is C=CC(=O)Nc1ccc(F)c(N2C(=O)N(c3ccccc3)Cc3cnc(Nc4cn(C)nc4Cl)nc32)c1. The first kappa shape index (κ1) is 23.9. The third kappa shape index (κ3) is 4.71. The van der Waals surface area contributed by atoms with Crippen LogP contribution in [0.4, 0.5) is 43.7 Å².